The first-order chi connectivity index (χ1) is 15.1. The molecule has 5 rings (SSSR count). The number of carbonyl (C=O) groups is 1. The van der Waals surface area contributed by atoms with Gasteiger partial charge in [-0.1, -0.05) is 18.2 Å². The number of fused-ring (bicyclic) bond motifs is 2. The maximum absolute atomic E-state index is 12.5. The Kier molecular flexibility index (Phi) is 5.13. The maximum atomic E-state index is 12.5. The monoisotopic (exact) mass is 431 g/mol. The van der Waals surface area contributed by atoms with Crippen molar-refractivity contribution in [3.05, 3.63) is 71.5 Å². The lowest BCUT2D eigenvalue weighted by Gasteiger charge is -2.12. The van der Waals surface area contributed by atoms with Crippen molar-refractivity contribution in [3.8, 4) is 10.4 Å². The molecule has 0 unspecified atom stereocenters. The minimum Gasteiger partial charge on any atom is -0.354 e. The van der Waals surface area contributed by atoms with Crippen LogP contribution in [0.15, 0.2) is 54.7 Å². The number of hydrazine groups is 1. The van der Waals surface area contributed by atoms with Crippen LogP contribution >= 0.6 is 11.3 Å². The molecule has 0 radical (unpaired) electrons. The third-order valence-corrected chi connectivity index (χ3v) is 6.72. The summed E-state index contributed by atoms with van der Waals surface area (Å²) in [6.45, 7) is 3.38. The Bertz CT molecular complexity index is 1240. The molecule has 0 saturated heterocycles. The van der Waals surface area contributed by atoms with E-state index in [1.54, 1.807) is 11.3 Å². The number of amides is 2. The lowest BCUT2D eigenvalue weighted by molar-refractivity contribution is 0.252. The molecule has 158 valence electrons. The highest BCUT2D eigenvalue weighted by atomic mass is 32.1. The Balaban J connectivity index is 1.33. The molecule has 4 N–H and O–H groups in total. The third-order valence-electron chi connectivity index (χ3n) is 5.57. The molecule has 0 aliphatic carbocycles. The van der Waals surface area contributed by atoms with Crippen LogP contribution in [-0.2, 0) is 20.0 Å². The average Bonchev–Trinajstić information content (AvgIpc) is 3.45. The van der Waals surface area contributed by atoms with Gasteiger partial charge < -0.3 is 20.6 Å². The van der Waals surface area contributed by atoms with Crippen LogP contribution in [0.25, 0.3) is 20.5 Å². The number of hydrogen-bond donors (Lipinski definition) is 4. The smallest absolute Gasteiger partial charge is 0.319 e. The highest BCUT2D eigenvalue weighted by molar-refractivity contribution is 7.22. The number of urea groups is 1. The maximum Gasteiger partial charge on any atom is 0.319 e. The minimum atomic E-state index is -0.188. The van der Waals surface area contributed by atoms with Crippen LogP contribution < -0.4 is 21.5 Å². The van der Waals surface area contributed by atoms with E-state index >= 15 is 0 Å². The van der Waals surface area contributed by atoms with Gasteiger partial charge in [0.1, 0.15) is 0 Å². The number of nitrogens with one attached hydrogen (secondary N) is 4. The van der Waals surface area contributed by atoms with E-state index in [1.807, 2.05) is 19.2 Å². The number of benzene rings is 2. The Morgan fingerprint density at radius 2 is 2.06 bits per heavy atom. The SMILES string of the molecule is Cc1cc(CCNC(=O)Nc2cc3c(c(-c4cc5ccccc5s4)c2)NNC3)n(C)c1. The van der Waals surface area contributed by atoms with Crippen molar-refractivity contribution in [3.63, 3.8) is 0 Å². The van der Waals surface area contributed by atoms with E-state index in [9.17, 15) is 4.79 Å². The van der Waals surface area contributed by atoms with Crippen molar-refractivity contribution in [2.24, 2.45) is 7.05 Å². The van der Waals surface area contributed by atoms with Crippen LogP contribution in [0, 0.1) is 6.92 Å². The fraction of sp³-hybridized carbons (Fsp3) is 0.208. The highest BCUT2D eigenvalue weighted by Gasteiger charge is 2.19. The number of aromatic nitrogens is 1. The quantitative estimate of drug-likeness (QED) is 0.359. The second-order valence-corrected chi connectivity index (χ2v) is 9.02. The minimum absolute atomic E-state index is 0.188. The van der Waals surface area contributed by atoms with Crippen LogP contribution in [0.1, 0.15) is 16.8 Å². The number of nitrogens with zero attached hydrogens (tertiary/aromatic N) is 1. The van der Waals surface area contributed by atoms with Gasteiger partial charge in [0, 0.05) is 59.3 Å². The third kappa shape index (κ3) is 4.02. The lowest BCUT2D eigenvalue weighted by Crippen LogP contribution is -2.30. The predicted octanol–water partition coefficient (Wildman–Crippen LogP) is 5.01. The van der Waals surface area contributed by atoms with Gasteiger partial charge in [-0.05, 0) is 53.8 Å². The molecule has 0 saturated carbocycles. The normalized spacial score (nSPS) is 12.6. The zero-order valence-electron chi connectivity index (χ0n) is 17.6. The Labute approximate surface area is 185 Å². The molecule has 0 fully saturated rings. The molecule has 4 aromatic rings. The summed E-state index contributed by atoms with van der Waals surface area (Å²) in [6.07, 6.45) is 2.89. The number of carbonyl (C=O) groups excluding carboxylic acids is 1. The fourth-order valence-corrected chi connectivity index (χ4v) is 5.20. The van der Waals surface area contributed by atoms with Crippen LogP contribution in [0.3, 0.4) is 0 Å². The van der Waals surface area contributed by atoms with Gasteiger partial charge in [0.05, 0.1) is 5.69 Å². The van der Waals surface area contributed by atoms with Gasteiger partial charge in [0.15, 0.2) is 0 Å². The second-order valence-electron chi connectivity index (χ2n) is 7.94. The van der Waals surface area contributed by atoms with E-state index in [4.69, 9.17) is 0 Å². The first kappa shape index (κ1) is 19.7. The van der Waals surface area contributed by atoms with E-state index in [2.05, 4.69) is 75.6 Å². The molecule has 2 aromatic heterocycles. The molecule has 7 heteroatoms. The number of hydrogen-bond acceptors (Lipinski definition) is 4. The van der Waals surface area contributed by atoms with E-state index in [-0.39, 0.29) is 6.03 Å². The summed E-state index contributed by atoms with van der Waals surface area (Å²) >= 11 is 1.76. The fourth-order valence-electron chi connectivity index (χ4n) is 4.12. The molecule has 0 atom stereocenters. The molecule has 6 nitrogen and oxygen atoms in total. The number of rotatable bonds is 5. The topological polar surface area (TPSA) is 70.1 Å². The standard InChI is InChI=1S/C24H25N5OS/c1-15-9-19(29(2)14-15)7-8-25-24(30)27-18-10-17-13-26-28-23(17)20(12-18)22-11-16-5-3-4-6-21(16)31-22/h3-6,9-12,14,26,28H,7-8,13H2,1-2H3,(H2,25,27,30). The lowest BCUT2D eigenvalue weighted by atomic mass is 10.0. The first-order valence-corrected chi connectivity index (χ1v) is 11.2. The van der Waals surface area contributed by atoms with Crippen molar-refractivity contribution < 1.29 is 4.79 Å². The summed E-state index contributed by atoms with van der Waals surface area (Å²) in [5.41, 5.74) is 13.0. The van der Waals surface area contributed by atoms with Crippen molar-refractivity contribution in [2.45, 2.75) is 19.9 Å². The summed E-state index contributed by atoms with van der Waals surface area (Å²) in [5, 5.41) is 7.22. The van der Waals surface area contributed by atoms with E-state index in [0.717, 1.165) is 35.5 Å². The summed E-state index contributed by atoms with van der Waals surface area (Å²) in [6, 6.07) is 16.6. The molecular formula is C24H25N5OS. The molecule has 2 aromatic carbocycles. The summed E-state index contributed by atoms with van der Waals surface area (Å²) in [7, 11) is 2.03. The van der Waals surface area contributed by atoms with Gasteiger partial charge >= 0.3 is 6.03 Å². The first-order valence-electron chi connectivity index (χ1n) is 10.4. The Morgan fingerprint density at radius 3 is 2.87 bits per heavy atom. The van der Waals surface area contributed by atoms with Crippen LogP contribution in [-0.4, -0.2) is 17.1 Å². The van der Waals surface area contributed by atoms with Gasteiger partial charge in [0.25, 0.3) is 0 Å². The van der Waals surface area contributed by atoms with E-state index < -0.39 is 0 Å². The van der Waals surface area contributed by atoms with Crippen LogP contribution in [0.4, 0.5) is 16.2 Å². The van der Waals surface area contributed by atoms with Gasteiger partial charge in [-0.15, -0.1) is 11.3 Å². The number of thiophene rings is 1. The van der Waals surface area contributed by atoms with Crippen molar-refractivity contribution >= 4 is 38.8 Å². The van der Waals surface area contributed by atoms with Gasteiger partial charge in [-0.3, -0.25) is 0 Å². The summed E-state index contributed by atoms with van der Waals surface area (Å²) in [4.78, 5) is 13.7. The zero-order valence-corrected chi connectivity index (χ0v) is 18.4. The van der Waals surface area contributed by atoms with E-state index in [1.165, 1.54) is 26.2 Å². The summed E-state index contributed by atoms with van der Waals surface area (Å²) < 4.78 is 3.36. The van der Waals surface area contributed by atoms with Gasteiger partial charge in [-0.25, -0.2) is 10.2 Å². The Hall–Kier alpha value is -3.29. The largest absolute Gasteiger partial charge is 0.354 e. The average molecular weight is 432 g/mol. The Morgan fingerprint density at radius 1 is 1.19 bits per heavy atom. The van der Waals surface area contributed by atoms with Crippen molar-refractivity contribution in [1.82, 2.24) is 15.3 Å². The van der Waals surface area contributed by atoms with Crippen LogP contribution in [0.2, 0.25) is 0 Å². The van der Waals surface area contributed by atoms with Crippen molar-refractivity contribution in [2.75, 3.05) is 17.3 Å². The predicted molar refractivity (Wildman–Crippen MR) is 129 cm³/mol. The zero-order chi connectivity index (χ0) is 21.4. The number of anilines is 2. The van der Waals surface area contributed by atoms with E-state index in [0.29, 0.717) is 6.54 Å². The van der Waals surface area contributed by atoms with Gasteiger partial charge in [0.2, 0.25) is 0 Å². The van der Waals surface area contributed by atoms with Crippen molar-refractivity contribution in [1.29, 1.82) is 0 Å². The molecular weight excluding hydrogens is 406 g/mol. The van der Waals surface area contributed by atoms with Gasteiger partial charge in [-0.2, -0.15) is 0 Å². The molecule has 0 spiro atoms. The highest BCUT2D eigenvalue weighted by Crippen LogP contribution is 2.41. The summed E-state index contributed by atoms with van der Waals surface area (Å²) in [5.74, 6) is 0. The molecule has 31 heavy (non-hydrogen) atoms. The van der Waals surface area contributed by atoms with Crippen LogP contribution in [0.5, 0.6) is 0 Å². The second kappa shape index (κ2) is 8.09. The molecule has 2 amide bonds. The molecule has 1 aliphatic rings. The number of aryl methyl sites for hydroxylation is 2. The molecule has 3 heterocycles. The molecule has 0 bridgehead atoms. The molecule has 1 aliphatic heterocycles.